The molecule has 0 bridgehead atoms. The zero-order valence-corrected chi connectivity index (χ0v) is 38.7. The zero-order chi connectivity index (χ0) is 43.6. The molecule has 3 aliphatic heterocycles. The molecule has 0 aliphatic carbocycles. The summed E-state index contributed by atoms with van der Waals surface area (Å²) in [6, 6.07) is 0. The van der Waals surface area contributed by atoms with Crippen LogP contribution in [0.3, 0.4) is 0 Å². The lowest BCUT2D eigenvalue weighted by molar-refractivity contribution is -0.177. The Morgan fingerprint density at radius 2 is 0.965 bits per heavy atom. The van der Waals surface area contributed by atoms with Crippen molar-refractivity contribution in [2.75, 3.05) is 0 Å². The van der Waals surface area contributed by atoms with Crippen molar-refractivity contribution < 1.29 is 38.1 Å². The highest BCUT2D eigenvalue weighted by molar-refractivity contribution is 5.88. The average Bonchev–Trinajstić information content (AvgIpc) is 3.02. The smallest absolute Gasteiger partial charge is 0.310 e. The molecule has 330 valence electrons. The van der Waals surface area contributed by atoms with Gasteiger partial charge in [-0.15, -0.1) is 0 Å². The van der Waals surface area contributed by atoms with Gasteiger partial charge in [-0.3, -0.25) is 19.2 Å². The van der Waals surface area contributed by atoms with E-state index in [0.29, 0.717) is 51.4 Å². The molecule has 12 heteroatoms. The van der Waals surface area contributed by atoms with E-state index in [2.05, 4.69) is 99.0 Å². The summed E-state index contributed by atoms with van der Waals surface area (Å²) in [7, 11) is 0. The Morgan fingerprint density at radius 1 is 0.596 bits per heavy atom. The summed E-state index contributed by atoms with van der Waals surface area (Å²) >= 11 is 0. The first-order valence-corrected chi connectivity index (χ1v) is 21.6. The van der Waals surface area contributed by atoms with Gasteiger partial charge in [0.05, 0.1) is 24.7 Å². The number of nitrogens with one attached hydrogen (secondary N) is 3. The minimum Gasteiger partial charge on any atom is -0.462 e. The standard InChI is InChI=1S/C45H82N4O8/c1-28(2)19-30(22-39(3,4)46)55-36(51)21-34(38(53)57-32-26-44(13,14)49-45(15,16)27-32)33(37(52)56-31-24-42(9,10)48-43(11,12)25-31)20-35(50)54-29-17-18-40(5,6)47-41(7,8)23-29/h28-34,47-49H,17-27,46H2,1-16H3. The summed E-state index contributed by atoms with van der Waals surface area (Å²) in [4.78, 5) is 57.4. The predicted molar refractivity (Wildman–Crippen MR) is 224 cm³/mol. The zero-order valence-electron chi connectivity index (χ0n) is 38.7. The van der Waals surface area contributed by atoms with E-state index in [9.17, 15) is 19.2 Å². The summed E-state index contributed by atoms with van der Waals surface area (Å²) in [5.74, 6) is -5.25. The van der Waals surface area contributed by atoms with Gasteiger partial charge in [-0.05, 0) is 122 Å². The average molecular weight is 807 g/mol. The van der Waals surface area contributed by atoms with Gasteiger partial charge in [0, 0.05) is 77.3 Å². The molecule has 3 saturated heterocycles. The highest BCUT2D eigenvalue weighted by atomic mass is 16.6. The van der Waals surface area contributed by atoms with Crippen molar-refractivity contribution >= 4 is 23.9 Å². The van der Waals surface area contributed by atoms with E-state index in [1.807, 2.05) is 27.7 Å². The molecule has 5 N–H and O–H groups in total. The molecule has 3 rings (SSSR count). The van der Waals surface area contributed by atoms with Gasteiger partial charge in [0.15, 0.2) is 0 Å². The Morgan fingerprint density at radius 3 is 1.35 bits per heavy atom. The number of carbonyl (C=O) groups excluding carboxylic acids is 4. The van der Waals surface area contributed by atoms with Crippen LogP contribution < -0.4 is 21.7 Å². The number of carbonyl (C=O) groups is 4. The van der Waals surface area contributed by atoms with Gasteiger partial charge >= 0.3 is 23.9 Å². The lowest BCUT2D eigenvalue weighted by Crippen LogP contribution is -2.60. The van der Waals surface area contributed by atoms with E-state index in [1.54, 1.807) is 0 Å². The van der Waals surface area contributed by atoms with Gasteiger partial charge in [0.1, 0.15) is 24.4 Å². The fourth-order valence-electron chi connectivity index (χ4n) is 10.3. The van der Waals surface area contributed by atoms with Gasteiger partial charge in [-0.25, -0.2) is 0 Å². The molecule has 12 nitrogen and oxygen atoms in total. The van der Waals surface area contributed by atoms with Gasteiger partial charge < -0.3 is 40.6 Å². The molecule has 0 aromatic carbocycles. The lowest BCUT2D eigenvalue weighted by atomic mass is 9.80. The van der Waals surface area contributed by atoms with E-state index < -0.39 is 78.5 Å². The second-order valence-corrected chi connectivity index (χ2v) is 23.0. The quantitative estimate of drug-likeness (QED) is 0.0987. The molecule has 0 radical (unpaired) electrons. The maximum atomic E-state index is 14.6. The fourth-order valence-corrected chi connectivity index (χ4v) is 10.3. The highest BCUT2D eigenvalue weighted by Gasteiger charge is 2.47. The second kappa shape index (κ2) is 18.1. The molecule has 0 spiro atoms. The number of piperidine rings is 2. The van der Waals surface area contributed by atoms with Crippen LogP contribution in [0.2, 0.25) is 0 Å². The van der Waals surface area contributed by atoms with Crippen molar-refractivity contribution in [3.8, 4) is 0 Å². The monoisotopic (exact) mass is 807 g/mol. The number of ether oxygens (including phenoxy) is 4. The summed E-state index contributed by atoms with van der Waals surface area (Å²) < 4.78 is 24.8. The van der Waals surface area contributed by atoms with E-state index in [4.69, 9.17) is 24.7 Å². The Labute approximate surface area is 345 Å². The Balaban J connectivity index is 2.04. The summed E-state index contributed by atoms with van der Waals surface area (Å²) in [5, 5.41) is 10.9. The summed E-state index contributed by atoms with van der Waals surface area (Å²) in [5.41, 5.74) is 3.94. The van der Waals surface area contributed by atoms with Gasteiger partial charge in [0.2, 0.25) is 0 Å². The van der Waals surface area contributed by atoms with Crippen molar-refractivity contribution in [1.29, 1.82) is 0 Å². The van der Waals surface area contributed by atoms with Crippen LogP contribution in [0.5, 0.6) is 0 Å². The minimum atomic E-state index is -1.36. The topological polar surface area (TPSA) is 167 Å². The third-order valence-corrected chi connectivity index (χ3v) is 11.3. The van der Waals surface area contributed by atoms with Crippen molar-refractivity contribution in [2.45, 2.75) is 245 Å². The first kappa shape index (κ1) is 49.1. The molecule has 4 unspecified atom stereocenters. The van der Waals surface area contributed by atoms with Crippen molar-refractivity contribution in [3.05, 3.63) is 0 Å². The number of rotatable bonds is 15. The van der Waals surface area contributed by atoms with Gasteiger partial charge in [-0.2, -0.15) is 0 Å². The first-order valence-electron chi connectivity index (χ1n) is 21.6. The van der Waals surface area contributed by atoms with Crippen LogP contribution in [0.25, 0.3) is 0 Å². The first-order chi connectivity index (χ1) is 25.6. The highest BCUT2D eigenvalue weighted by Crippen LogP contribution is 2.36. The van der Waals surface area contributed by atoms with Crippen LogP contribution in [-0.4, -0.2) is 87.1 Å². The predicted octanol–water partition coefficient (Wildman–Crippen LogP) is 7.03. The molecular weight excluding hydrogens is 725 g/mol. The van der Waals surface area contributed by atoms with Crippen LogP contribution in [0.15, 0.2) is 0 Å². The number of hydrogen-bond acceptors (Lipinski definition) is 12. The molecule has 0 saturated carbocycles. The third kappa shape index (κ3) is 17.1. The second-order valence-electron chi connectivity index (χ2n) is 23.0. The van der Waals surface area contributed by atoms with Crippen molar-refractivity contribution in [2.24, 2.45) is 23.5 Å². The largest absolute Gasteiger partial charge is 0.462 e. The molecule has 3 aliphatic rings. The van der Waals surface area contributed by atoms with Crippen LogP contribution >= 0.6 is 0 Å². The number of hydrogen-bond donors (Lipinski definition) is 4. The Kier molecular flexibility index (Phi) is 15.6. The fraction of sp³-hybridized carbons (Fsp3) is 0.911. The summed E-state index contributed by atoms with van der Waals surface area (Å²) in [6.45, 7) is 32.7. The van der Waals surface area contributed by atoms with Gasteiger partial charge in [0.25, 0.3) is 0 Å². The Bertz CT molecular complexity index is 1380. The Hall–Kier alpha value is -2.28. The van der Waals surface area contributed by atoms with Crippen molar-refractivity contribution in [1.82, 2.24) is 16.0 Å². The van der Waals surface area contributed by atoms with E-state index in [1.165, 1.54) is 0 Å². The summed E-state index contributed by atoms with van der Waals surface area (Å²) in [6.07, 6.45) is 2.26. The maximum Gasteiger partial charge on any atom is 0.310 e. The minimum absolute atomic E-state index is 0.160. The third-order valence-electron chi connectivity index (χ3n) is 11.3. The molecule has 0 amide bonds. The SMILES string of the molecule is CC(C)CC(CC(C)(C)N)OC(=O)CC(C(=O)OC1CC(C)(C)NC(C)(C)C1)C(CC(=O)OC1CCC(C)(C)NC(C)(C)C1)C(=O)OC1CC(C)(C)NC(C)(C)C1. The molecular formula is C45H82N4O8. The van der Waals surface area contributed by atoms with Crippen LogP contribution in [-0.2, 0) is 38.1 Å². The molecule has 0 aromatic rings. The lowest BCUT2D eigenvalue weighted by Gasteiger charge is -2.46. The maximum absolute atomic E-state index is 14.6. The molecule has 3 heterocycles. The molecule has 3 fully saturated rings. The van der Waals surface area contributed by atoms with E-state index in [0.717, 1.165) is 6.42 Å². The van der Waals surface area contributed by atoms with Crippen LogP contribution in [0.1, 0.15) is 181 Å². The van der Waals surface area contributed by atoms with Crippen LogP contribution in [0.4, 0.5) is 0 Å². The van der Waals surface area contributed by atoms with E-state index >= 15 is 0 Å². The van der Waals surface area contributed by atoms with E-state index in [-0.39, 0.29) is 39.2 Å². The molecule has 4 atom stereocenters. The number of esters is 4. The van der Waals surface area contributed by atoms with Crippen molar-refractivity contribution in [3.63, 3.8) is 0 Å². The molecule has 57 heavy (non-hydrogen) atoms. The number of nitrogens with two attached hydrogens (primary N) is 1. The van der Waals surface area contributed by atoms with Crippen LogP contribution in [0, 0.1) is 17.8 Å². The normalized spacial score (nSPS) is 26.0. The van der Waals surface area contributed by atoms with Gasteiger partial charge in [-0.1, -0.05) is 13.8 Å². The molecule has 0 aromatic heterocycles.